The van der Waals surface area contributed by atoms with Gasteiger partial charge in [0, 0.05) is 23.3 Å². The molecule has 0 bridgehead atoms. The summed E-state index contributed by atoms with van der Waals surface area (Å²) in [6.45, 7) is 0. The summed E-state index contributed by atoms with van der Waals surface area (Å²) in [5.41, 5.74) is 1.31. The van der Waals surface area contributed by atoms with Gasteiger partial charge in [0.05, 0.1) is 17.6 Å². The molecule has 0 amide bonds. The smallest absolute Gasteiger partial charge is 0.287 e. The number of fused-ring (bicyclic) bond motifs is 1. The number of carbonyl (C=O) groups is 2. The first-order valence-corrected chi connectivity index (χ1v) is 8.84. The molecule has 1 aliphatic carbocycles. The van der Waals surface area contributed by atoms with Crippen LogP contribution in [0.5, 0.6) is 17.4 Å². The fourth-order valence-electron chi connectivity index (χ4n) is 3.08. The third-order valence-electron chi connectivity index (χ3n) is 4.55. The average molecular weight is 402 g/mol. The maximum absolute atomic E-state index is 12.5. The minimum atomic E-state index is -0.552. The second-order valence-corrected chi connectivity index (χ2v) is 6.39. The molecule has 4 rings (SSSR count). The van der Waals surface area contributed by atoms with Gasteiger partial charge >= 0.3 is 0 Å². The van der Waals surface area contributed by atoms with E-state index >= 15 is 0 Å². The Morgan fingerprint density at radius 2 is 1.67 bits per heavy atom. The van der Waals surface area contributed by atoms with Gasteiger partial charge < -0.3 is 9.47 Å². The summed E-state index contributed by atoms with van der Waals surface area (Å²) in [6.07, 6.45) is 2.61. The number of methoxy groups -OCH3 is 1. The summed E-state index contributed by atoms with van der Waals surface area (Å²) < 4.78 is 11.0. The number of aromatic nitrogens is 1. The second-order valence-electron chi connectivity index (χ2n) is 6.39. The van der Waals surface area contributed by atoms with Crippen LogP contribution in [0.15, 0.2) is 66.4 Å². The number of allylic oxidation sites excluding steroid dienone is 1. The predicted octanol–water partition coefficient (Wildman–Crippen LogP) is 4.25. The van der Waals surface area contributed by atoms with Crippen LogP contribution in [0.2, 0.25) is 0 Å². The van der Waals surface area contributed by atoms with Crippen LogP contribution >= 0.6 is 0 Å². The Hall–Kier alpha value is -4.33. The molecule has 0 atom stereocenters. The Balaban J connectivity index is 1.61. The first-order chi connectivity index (χ1) is 14.5. The van der Waals surface area contributed by atoms with Crippen LogP contribution < -0.4 is 9.47 Å². The normalized spacial score (nSPS) is 12.5. The number of benzene rings is 2. The van der Waals surface area contributed by atoms with E-state index in [1.807, 2.05) is 0 Å². The highest BCUT2D eigenvalue weighted by Gasteiger charge is 2.32. The van der Waals surface area contributed by atoms with Crippen molar-refractivity contribution in [3.63, 3.8) is 0 Å². The molecule has 0 saturated carbocycles. The second kappa shape index (κ2) is 7.59. The van der Waals surface area contributed by atoms with Crippen molar-refractivity contribution in [2.24, 2.45) is 0 Å². The number of carbonyl (C=O) groups excluding carboxylic acids is 2. The van der Waals surface area contributed by atoms with Crippen molar-refractivity contribution >= 4 is 23.3 Å². The van der Waals surface area contributed by atoms with Gasteiger partial charge in [-0.25, -0.2) is 4.98 Å². The molecule has 8 heteroatoms. The average Bonchev–Trinajstić information content (AvgIpc) is 3.00. The molecule has 0 unspecified atom stereocenters. The molecule has 148 valence electrons. The van der Waals surface area contributed by atoms with Gasteiger partial charge in [-0.15, -0.1) is 0 Å². The molecule has 3 aromatic rings. The number of hydrogen-bond donors (Lipinski definition) is 0. The number of nitro groups is 1. The zero-order valence-electron chi connectivity index (χ0n) is 15.7. The van der Waals surface area contributed by atoms with Crippen molar-refractivity contribution in [1.29, 1.82) is 0 Å². The Bertz CT molecular complexity index is 1180. The molecule has 0 saturated heterocycles. The van der Waals surface area contributed by atoms with Gasteiger partial charge in [-0.3, -0.25) is 19.7 Å². The van der Waals surface area contributed by atoms with Crippen molar-refractivity contribution in [1.82, 2.24) is 4.98 Å². The van der Waals surface area contributed by atoms with Crippen LogP contribution in [0, 0.1) is 10.1 Å². The molecule has 0 aliphatic heterocycles. The third kappa shape index (κ3) is 3.42. The van der Waals surface area contributed by atoms with E-state index in [0.717, 1.165) is 6.20 Å². The van der Waals surface area contributed by atoms with Crippen molar-refractivity contribution in [2.45, 2.75) is 0 Å². The van der Waals surface area contributed by atoms with Crippen LogP contribution in [0.25, 0.3) is 6.08 Å². The molecule has 30 heavy (non-hydrogen) atoms. The fourth-order valence-corrected chi connectivity index (χ4v) is 3.08. The largest absolute Gasteiger partial charge is 0.493 e. The Labute approximate surface area is 170 Å². The van der Waals surface area contributed by atoms with Crippen LogP contribution in [0.1, 0.15) is 26.3 Å². The number of Topliss-reactive ketones (excluding diaryl/α,β-unsaturated/α-hetero) is 2. The molecule has 0 N–H and O–H groups in total. The molecular formula is C22H14N2O6. The minimum Gasteiger partial charge on any atom is -0.493 e. The van der Waals surface area contributed by atoms with Crippen LogP contribution in [-0.2, 0) is 0 Å². The molecule has 8 nitrogen and oxygen atoms in total. The number of hydrogen-bond acceptors (Lipinski definition) is 7. The zero-order chi connectivity index (χ0) is 21.3. The van der Waals surface area contributed by atoms with E-state index in [-0.39, 0.29) is 28.7 Å². The van der Waals surface area contributed by atoms with Gasteiger partial charge in [-0.2, -0.15) is 0 Å². The number of ketones is 2. The summed E-state index contributed by atoms with van der Waals surface area (Å²) in [5, 5.41) is 10.7. The van der Waals surface area contributed by atoms with E-state index in [2.05, 4.69) is 4.98 Å². The molecule has 0 fully saturated rings. The number of ether oxygens (including phenoxy) is 2. The van der Waals surface area contributed by atoms with E-state index in [4.69, 9.17) is 9.47 Å². The minimum absolute atomic E-state index is 0.0870. The summed E-state index contributed by atoms with van der Waals surface area (Å²) in [4.78, 5) is 39.2. The monoisotopic (exact) mass is 402 g/mol. The molecule has 1 aromatic heterocycles. The zero-order valence-corrected chi connectivity index (χ0v) is 15.7. The molecular weight excluding hydrogens is 388 g/mol. The lowest BCUT2D eigenvalue weighted by Crippen LogP contribution is -2.00. The third-order valence-corrected chi connectivity index (χ3v) is 4.55. The van der Waals surface area contributed by atoms with Crippen LogP contribution in [-0.4, -0.2) is 28.6 Å². The van der Waals surface area contributed by atoms with Gasteiger partial charge in [-0.1, -0.05) is 30.3 Å². The lowest BCUT2D eigenvalue weighted by Gasteiger charge is -2.10. The summed E-state index contributed by atoms with van der Waals surface area (Å²) in [5.74, 6) is 0.199. The van der Waals surface area contributed by atoms with E-state index in [1.165, 1.54) is 25.3 Å². The quantitative estimate of drug-likeness (QED) is 0.272. The van der Waals surface area contributed by atoms with Gasteiger partial charge in [-0.05, 0) is 23.8 Å². The molecule has 2 aromatic carbocycles. The summed E-state index contributed by atoms with van der Waals surface area (Å²) in [7, 11) is 1.45. The summed E-state index contributed by atoms with van der Waals surface area (Å²) >= 11 is 0. The first kappa shape index (κ1) is 19.0. The standard InChI is InChI=1S/C22H14N2O6/c1-29-19-11-13(10-17-21(25)15-4-2-3-5-16(15)22(17)26)6-8-18(19)30-20-9-7-14(12-23-20)24(27)28/h2-12H,1H3. The highest BCUT2D eigenvalue weighted by Crippen LogP contribution is 2.34. The topological polar surface area (TPSA) is 109 Å². The molecule has 0 spiro atoms. The molecule has 1 heterocycles. The highest BCUT2D eigenvalue weighted by molar-refractivity contribution is 6.41. The van der Waals surface area contributed by atoms with E-state index in [0.29, 0.717) is 28.2 Å². The summed E-state index contributed by atoms with van der Waals surface area (Å²) in [6, 6.07) is 14.2. The lowest BCUT2D eigenvalue weighted by molar-refractivity contribution is -0.385. The predicted molar refractivity (Wildman–Crippen MR) is 107 cm³/mol. The van der Waals surface area contributed by atoms with E-state index in [1.54, 1.807) is 42.5 Å². The molecule has 1 aliphatic rings. The Kier molecular flexibility index (Phi) is 4.81. The maximum Gasteiger partial charge on any atom is 0.287 e. The number of pyridine rings is 1. The van der Waals surface area contributed by atoms with Crippen molar-refractivity contribution in [3.05, 3.63) is 93.2 Å². The van der Waals surface area contributed by atoms with Gasteiger partial charge in [0.15, 0.2) is 23.1 Å². The van der Waals surface area contributed by atoms with Gasteiger partial charge in [0.25, 0.3) is 5.69 Å². The SMILES string of the molecule is COc1cc(C=C2C(=O)c3ccccc3C2=O)ccc1Oc1ccc([N+](=O)[O-])cn1. The van der Waals surface area contributed by atoms with Gasteiger partial charge in [0.2, 0.25) is 5.88 Å². The Morgan fingerprint density at radius 3 is 2.23 bits per heavy atom. The highest BCUT2D eigenvalue weighted by atomic mass is 16.6. The van der Waals surface area contributed by atoms with Crippen LogP contribution in [0.4, 0.5) is 5.69 Å². The lowest BCUT2D eigenvalue weighted by atomic mass is 10.1. The first-order valence-electron chi connectivity index (χ1n) is 8.84. The van der Waals surface area contributed by atoms with Crippen molar-refractivity contribution in [2.75, 3.05) is 7.11 Å². The maximum atomic E-state index is 12.5. The van der Waals surface area contributed by atoms with Crippen molar-refractivity contribution in [3.8, 4) is 17.4 Å². The van der Waals surface area contributed by atoms with E-state index in [9.17, 15) is 19.7 Å². The molecule has 0 radical (unpaired) electrons. The van der Waals surface area contributed by atoms with Gasteiger partial charge in [0.1, 0.15) is 6.20 Å². The van der Waals surface area contributed by atoms with E-state index < -0.39 is 4.92 Å². The van der Waals surface area contributed by atoms with Crippen molar-refractivity contribution < 1.29 is 24.0 Å². The number of rotatable bonds is 5. The van der Waals surface area contributed by atoms with Crippen LogP contribution in [0.3, 0.4) is 0 Å². The fraction of sp³-hybridized carbons (Fsp3) is 0.0455. The number of nitrogens with zero attached hydrogens (tertiary/aromatic N) is 2. The Morgan fingerprint density at radius 1 is 0.967 bits per heavy atom.